The van der Waals surface area contributed by atoms with E-state index < -0.39 is 11.4 Å². The smallest absolute Gasteiger partial charge is 0.261 e. The number of ether oxygens (including phenoxy) is 1. The largest absolute Gasteiger partial charge is 0.481 e. The van der Waals surface area contributed by atoms with Gasteiger partial charge in [0.05, 0.1) is 29.4 Å². The molecule has 0 radical (unpaired) electrons. The van der Waals surface area contributed by atoms with Gasteiger partial charge in [-0.2, -0.15) is 0 Å². The maximum atomic E-state index is 13.6. The number of rotatable bonds is 5. The van der Waals surface area contributed by atoms with Crippen LogP contribution in [0.4, 0.5) is 4.39 Å². The van der Waals surface area contributed by atoms with E-state index in [0.29, 0.717) is 36.8 Å². The average molecular weight is 411 g/mol. The molecular weight excluding hydrogens is 389 g/mol. The Morgan fingerprint density at radius 1 is 1.13 bits per heavy atom. The third-order valence-corrected chi connectivity index (χ3v) is 5.43. The maximum Gasteiger partial charge on any atom is 0.261 e. The van der Waals surface area contributed by atoms with Crippen LogP contribution in [-0.4, -0.2) is 50.8 Å². The minimum Gasteiger partial charge on any atom is -0.481 e. The Morgan fingerprint density at radius 3 is 2.60 bits per heavy atom. The second-order valence-electron chi connectivity index (χ2n) is 7.52. The van der Waals surface area contributed by atoms with E-state index in [-0.39, 0.29) is 30.4 Å². The van der Waals surface area contributed by atoms with E-state index in [1.54, 1.807) is 35.2 Å². The van der Waals surface area contributed by atoms with Crippen molar-refractivity contribution < 1.29 is 19.0 Å². The molecule has 2 aromatic carbocycles. The standard InChI is InChI=1S/C22H22FN3O4/c23-17-6-2-4-8-19(17)30-13-20(27)25-11-9-22(29,10-12-25)14-26-15-24-18-7-3-1-5-16(18)21(26)28/h1-8,15,29H,9-14H2. The van der Waals surface area contributed by atoms with Gasteiger partial charge >= 0.3 is 0 Å². The van der Waals surface area contributed by atoms with Crippen molar-refractivity contribution in [2.45, 2.75) is 25.0 Å². The summed E-state index contributed by atoms with van der Waals surface area (Å²) in [5, 5.41) is 11.5. The van der Waals surface area contributed by atoms with E-state index >= 15 is 0 Å². The summed E-state index contributed by atoms with van der Waals surface area (Å²) in [5.41, 5.74) is -0.705. The van der Waals surface area contributed by atoms with Crippen LogP contribution < -0.4 is 10.3 Å². The highest BCUT2D eigenvalue weighted by Crippen LogP contribution is 2.24. The van der Waals surface area contributed by atoms with E-state index in [9.17, 15) is 19.1 Å². The molecule has 7 nitrogen and oxygen atoms in total. The van der Waals surface area contributed by atoms with Gasteiger partial charge < -0.3 is 14.7 Å². The molecule has 30 heavy (non-hydrogen) atoms. The number of carbonyl (C=O) groups excluding carboxylic acids is 1. The van der Waals surface area contributed by atoms with Crippen molar-refractivity contribution in [3.63, 3.8) is 0 Å². The highest BCUT2D eigenvalue weighted by Gasteiger charge is 2.34. The first kappa shape index (κ1) is 20.0. The fraction of sp³-hybridized carbons (Fsp3) is 0.318. The third kappa shape index (κ3) is 4.18. The van der Waals surface area contributed by atoms with Crippen molar-refractivity contribution in [1.82, 2.24) is 14.5 Å². The van der Waals surface area contributed by atoms with Gasteiger partial charge in [-0.15, -0.1) is 0 Å². The van der Waals surface area contributed by atoms with Crippen LogP contribution in [0.15, 0.2) is 59.7 Å². The molecular formula is C22H22FN3O4. The zero-order valence-electron chi connectivity index (χ0n) is 16.3. The second kappa shape index (κ2) is 8.23. The third-order valence-electron chi connectivity index (χ3n) is 5.43. The van der Waals surface area contributed by atoms with Crippen molar-refractivity contribution in [3.05, 3.63) is 71.0 Å². The van der Waals surface area contributed by atoms with E-state index in [1.807, 2.05) is 6.07 Å². The lowest BCUT2D eigenvalue weighted by Crippen LogP contribution is -2.50. The van der Waals surface area contributed by atoms with Gasteiger partial charge in [-0.05, 0) is 37.1 Å². The lowest BCUT2D eigenvalue weighted by molar-refractivity contribution is -0.138. The molecule has 1 aliphatic rings. The molecule has 0 saturated carbocycles. The highest BCUT2D eigenvalue weighted by molar-refractivity contribution is 5.78. The lowest BCUT2D eigenvalue weighted by atomic mass is 9.91. The predicted molar refractivity (Wildman–Crippen MR) is 109 cm³/mol. The summed E-state index contributed by atoms with van der Waals surface area (Å²) in [6.07, 6.45) is 2.08. The van der Waals surface area contributed by atoms with Gasteiger partial charge in [0.15, 0.2) is 18.2 Å². The number of fused-ring (bicyclic) bond motifs is 1. The molecule has 1 saturated heterocycles. The molecule has 1 amide bonds. The van der Waals surface area contributed by atoms with Gasteiger partial charge in [0.2, 0.25) is 0 Å². The summed E-state index contributed by atoms with van der Waals surface area (Å²) in [5.74, 6) is -0.764. The monoisotopic (exact) mass is 411 g/mol. The van der Waals surface area contributed by atoms with Gasteiger partial charge in [-0.1, -0.05) is 24.3 Å². The Balaban J connectivity index is 1.36. The number of piperidine rings is 1. The Morgan fingerprint density at radius 2 is 1.83 bits per heavy atom. The number of carbonyl (C=O) groups is 1. The van der Waals surface area contributed by atoms with Crippen molar-refractivity contribution in [3.8, 4) is 5.75 Å². The molecule has 1 aromatic heterocycles. The van der Waals surface area contributed by atoms with Gasteiger partial charge in [0, 0.05) is 13.1 Å². The van der Waals surface area contributed by atoms with Gasteiger partial charge in [0.1, 0.15) is 0 Å². The number of hydrogen-bond donors (Lipinski definition) is 1. The first-order chi connectivity index (χ1) is 14.5. The van der Waals surface area contributed by atoms with Crippen LogP contribution in [0.5, 0.6) is 5.75 Å². The predicted octanol–water partition coefficient (Wildman–Crippen LogP) is 1.97. The molecule has 156 valence electrons. The molecule has 0 aliphatic carbocycles. The van der Waals surface area contributed by atoms with E-state index in [2.05, 4.69) is 4.98 Å². The SMILES string of the molecule is O=C(COc1ccccc1F)N1CCC(O)(Cn2cnc3ccccc3c2=O)CC1. The van der Waals surface area contributed by atoms with Crippen LogP contribution in [0.25, 0.3) is 10.9 Å². The van der Waals surface area contributed by atoms with Crippen LogP contribution in [-0.2, 0) is 11.3 Å². The lowest BCUT2D eigenvalue weighted by Gasteiger charge is -2.38. The van der Waals surface area contributed by atoms with E-state index in [0.717, 1.165) is 0 Å². The summed E-state index contributed by atoms with van der Waals surface area (Å²) in [6.45, 7) is 0.488. The van der Waals surface area contributed by atoms with Crippen LogP contribution in [0.3, 0.4) is 0 Å². The zero-order chi connectivity index (χ0) is 21.1. The zero-order valence-corrected chi connectivity index (χ0v) is 16.3. The summed E-state index contributed by atoms with van der Waals surface area (Å²) in [4.78, 5) is 30.9. The first-order valence-corrected chi connectivity index (χ1v) is 9.77. The number of para-hydroxylation sites is 2. The average Bonchev–Trinajstić information content (AvgIpc) is 2.75. The molecule has 3 aromatic rings. The Kier molecular flexibility index (Phi) is 5.50. The molecule has 0 unspecified atom stereocenters. The first-order valence-electron chi connectivity index (χ1n) is 9.77. The van der Waals surface area contributed by atoms with Crippen LogP contribution in [0, 0.1) is 5.82 Å². The van der Waals surface area contributed by atoms with Crippen molar-refractivity contribution in [2.24, 2.45) is 0 Å². The molecule has 1 N–H and O–H groups in total. The molecule has 1 aliphatic heterocycles. The number of likely N-dealkylation sites (tertiary alicyclic amines) is 1. The van der Waals surface area contributed by atoms with Crippen LogP contribution in [0.2, 0.25) is 0 Å². The Labute approximate surface area is 172 Å². The molecule has 8 heteroatoms. The molecule has 0 spiro atoms. The van der Waals surface area contributed by atoms with Gasteiger partial charge in [0.25, 0.3) is 11.5 Å². The fourth-order valence-electron chi connectivity index (χ4n) is 3.66. The number of amides is 1. The number of aromatic nitrogens is 2. The highest BCUT2D eigenvalue weighted by atomic mass is 19.1. The number of hydrogen-bond acceptors (Lipinski definition) is 5. The Hall–Kier alpha value is -3.26. The normalized spacial score (nSPS) is 15.9. The molecule has 1 fully saturated rings. The fourth-order valence-corrected chi connectivity index (χ4v) is 3.66. The summed E-state index contributed by atoms with van der Waals surface area (Å²) in [6, 6.07) is 13.0. The minimum atomic E-state index is -1.11. The number of halogens is 1. The van der Waals surface area contributed by atoms with Gasteiger partial charge in [-0.25, -0.2) is 9.37 Å². The number of benzene rings is 2. The second-order valence-corrected chi connectivity index (χ2v) is 7.52. The summed E-state index contributed by atoms with van der Waals surface area (Å²) >= 11 is 0. The van der Waals surface area contributed by atoms with Crippen molar-refractivity contribution in [2.75, 3.05) is 19.7 Å². The topological polar surface area (TPSA) is 84.7 Å². The molecule has 4 rings (SSSR count). The number of nitrogens with zero attached hydrogens (tertiary/aromatic N) is 3. The van der Waals surface area contributed by atoms with Gasteiger partial charge in [-0.3, -0.25) is 14.2 Å². The minimum absolute atomic E-state index is 0.0301. The Bertz CT molecular complexity index is 1120. The molecule has 0 bridgehead atoms. The maximum absolute atomic E-state index is 13.6. The summed E-state index contributed by atoms with van der Waals surface area (Å²) < 4.78 is 20.3. The van der Waals surface area contributed by atoms with E-state index in [4.69, 9.17) is 4.74 Å². The van der Waals surface area contributed by atoms with Crippen LogP contribution in [0.1, 0.15) is 12.8 Å². The van der Waals surface area contributed by atoms with Crippen molar-refractivity contribution in [1.29, 1.82) is 0 Å². The van der Waals surface area contributed by atoms with Crippen molar-refractivity contribution >= 4 is 16.8 Å². The van der Waals surface area contributed by atoms with E-state index in [1.165, 1.54) is 23.0 Å². The van der Waals surface area contributed by atoms with Crippen LogP contribution >= 0.6 is 0 Å². The molecule has 2 heterocycles. The summed E-state index contributed by atoms with van der Waals surface area (Å²) in [7, 11) is 0. The molecule has 0 atom stereocenters. The number of aliphatic hydroxyl groups is 1. The quantitative estimate of drug-likeness (QED) is 0.694.